The summed E-state index contributed by atoms with van der Waals surface area (Å²) in [5.41, 5.74) is 0. The molecule has 1 nitrogen and oxygen atoms in total. The summed E-state index contributed by atoms with van der Waals surface area (Å²) in [6, 6.07) is 34.5. The summed E-state index contributed by atoms with van der Waals surface area (Å²) >= 11 is 0. The van der Waals surface area contributed by atoms with Crippen molar-refractivity contribution in [1.29, 1.82) is 5.26 Å². The summed E-state index contributed by atoms with van der Waals surface area (Å²) in [4.78, 5) is 0. The molecule has 0 N–H and O–H groups in total. The molecular weight excluding hydrogens is 368 g/mol. The van der Waals surface area contributed by atoms with Crippen LogP contribution >= 0.6 is 32.1 Å². The molecule has 0 saturated heterocycles. The van der Waals surface area contributed by atoms with E-state index in [1.165, 1.54) is 15.9 Å². The molecule has 0 unspecified atom stereocenters. The third kappa shape index (κ3) is 4.42. The molecule has 3 aromatic carbocycles. The molecule has 0 fully saturated rings. The summed E-state index contributed by atoms with van der Waals surface area (Å²) < 4.78 is 0. The third-order valence-corrected chi connectivity index (χ3v) is 9.37. The van der Waals surface area contributed by atoms with Crippen LogP contribution in [-0.4, -0.2) is 6.16 Å². The molecule has 0 atom stereocenters. The summed E-state index contributed by atoms with van der Waals surface area (Å²) in [6.07, 6.45) is 1.48. The van der Waals surface area contributed by atoms with Gasteiger partial charge in [-0.2, -0.15) is 0 Å². The Balaban J connectivity index is 0.00000156. The Kier molecular flexibility index (Phi) is 8.67. The van der Waals surface area contributed by atoms with E-state index in [-0.39, 0.29) is 24.8 Å². The molecule has 0 aliphatic heterocycles. The molecule has 0 aromatic heterocycles. The van der Waals surface area contributed by atoms with Crippen LogP contribution in [0, 0.1) is 11.3 Å². The van der Waals surface area contributed by atoms with Gasteiger partial charge in [0.2, 0.25) is 0 Å². The van der Waals surface area contributed by atoms with Gasteiger partial charge < -0.3 is 0 Å². The minimum atomic E-state index is -2.17. The first-order valence-corrected chi connectivity index (χ1v) is 10.1. The van der Waals surface area contributed by atoms with Gasteiger partial charge in [0.1, 0.15) is 0 Å². The number of rotatable bonds is 5. The average Bonchev–Trinajstić information content (AvgIpc) is 2.65. The van der Waals surface area contributed by atoms with Crippen molar-refractivity contribution in [3.63, 3.8) is 0 Å². The van der Waals surface area contributed by atoms with Crippen molar-refractivity contribution >= 4 is 48.0 Å². The predicted octanol–water partition coefficient (Wildman–Crippen LogP) is 4.47. The van der Waals surface area contributed by atoms with E-state index in [1.54, 1.807) is 0 Å². The normalized spacial score (nSPS) is 10.7. The number of nitrogens with zero attached hydrogens (tertiary/aromatic N) is 1. The van der Waals surface area contributed by atoms with Crippen molar-refractivity contribution in [3.8, 4) is 6.07 Å². The third-order valence-electron chi connectivity index (χ3n) is 4.41. The molecule has 0 radical (unpaired) electrons. The van der Waals surface area contributed by atoms with Crippen LogP contribution in [0.3, 0.4) is 0 Å². The first kappa shape index (κ1) is 21.2. The monoisotopic (exact) mass is 389 g/mol. The zero-order valence-electron chi connectivity index (χ0n) is 13.8. The van der Waals surface area contributed by atoms with Gasteiger partial charge in [-0.15, -0.1) is 24.8 Å². The van der Waals surface area contributed by atoms with Crippen LogP contribution in [0.2, 0.25) is 0 Å². The molecule has 0 amide bonds. The average molecular weight is 390 g/mol. The van der Waals surface area contributed by atoms with Gasteiger partial charge in [0, 0.05) is 0 Å². The first-order valence-electron chi connectivity index (χ1n) is 7.91. The minimum absolute atomic E-state index is 0. The second-order valence-corrected chi connectivity index (χ2v) is 9.70. The summed E-state index contributed by atoms with van der Waals surface area (Å²) in [5.74, 6) is 0. The molecule has 4 heteroatoms. The van der Waals surface area contributed by atoms with Crippen molar-refractivity contribution in [2.24, 2.45) is 0 Å². The van der Waals surface area contributed by atoms with Gasteiger partial charge in [-0.25, -0.2) is 0 Å². The van der Waals surface area contributed by atoms with Crippen molar-refractivity contribution in [3.05, 3.63) is 91.0 Å². The summed E-state index contributed by atoms with van der Waals surface area (Å²) in [5, 5.41) is 13.3. The van der Waals surface area contributed by atoms with Gasteiger partial charge in [-0.1, -0.05) is 0 Å². The molecule has 0 bridgehead atoms. The van der Waals surface area contributed by atoms with Gasteiger partial charge in [0.15, 0.2) is 0 Å². The molecule has 0 spiro atoms. The van der Waals surface area contributed by atoms with Crippen molar-refractivity contribution in [1.82, 2.24) is 0 Å². The number of hydrogen-bond acceptors (Lipinski definition) is 1. The van der Waals surface area contributed by atoms with E-state index in [2.05, 4.69) is 97.1 Å². The van der Waals surface area contributed by atoms with Crippen LogP contribution in [0.15, 0.2) is 91.0 Å². The Hall–Kier alpha value is -1.84. The van der Waals surface area contributed by atoms with Crippen molar-refractivity contribution in [2.45, 2.75) is 6.42 Å². The Morgan fingerprint density at radius 2 is 0.920 bits per heavy atom. The number of benzene rings is 3. The van der Waals surface area contributed by atoms with Gasteiger partial charge in [-0.05, 0) is 0 Å². The van der Waals surface area contributed by atoms with Crippen LogP contribution < -0.4 is 15.9 Å². The Morgan fingerprint density at radius 1 is 0.600 bits per heavy atom. The summed E-state index contributed by atoms with van der Waals surface area (Å²) in [7, 11) is -2.17. The second-order valence-electron chi connectivity index (χ2n) is 5.66. The maximum absolute atomic E-state index is 9.24. The molecule has 3 rings (SSSR count). The quantitative estimate of drug-likeness (QED) is 0.590. The number of halogens is 2. The second kappa shape index (κ2) is 10.2. The Labute approximate surface area is 162 Å². The van der Waals surface area contributed by atoms with E-state index in [0.717, 1.165) is 6.16 Å². The van der Waals surface area contributed by atoms with Crippen LogP contribution in [0.5, 0.6) is 0 Å². The molecule has 0 aliphatic rings. The standard InChI is InChI=1S/C21H20NP.2ClH/c22-17-10-18-23(19-11-4-1-5-12-19,20-13-6-2-7-14-20)21-15-8-3-9-16-21;;/h1-9,11-16,23H,10,18H2;2*1H. The van der Waals surface area contributed by atoms with Gasteiger partial charge in [-0.3, -0.25) is 0 Å². The molecule has 25 heavy (non-hydrogen) atoms. The van der Waals surface area contributed by atoms with E-state index in [0.29, 0.717) is 6.42 Å². The first-order chi connectivity index (χ1) is 11.4. The van der Waals surface area contributed by atoms with Crippen LogP contribution in [0.1, 0.15) is 6.42 Å². The zero-order valence-corrected chi connectivity index (χ0v) is 16.5. The topological polar surface area (TPSA) is 23.8 Å². The Morgan fingerprint density at radius 3 is 1.20 bits per heavy atom. The molecular formula is C21H22Cl2NP. The van der Waals surface area contributed by atoms with E-state index in [4.69, 9.17) is 0 Å². The van der Waals surface area contributed by atoms with Gasteiger partial charge >= 0.3 is 138 Å². The van der Waals surface area contributed by atoms with E-state index in [1.807, 2.05) is 0 Å². The molecule has 0 saturated carbocycles. The molecule has 130 valence electrons. The van der Waals surface area contributed by atoms with E-state index >= 15 is 0 Å². The van der Waals surface area contributed by atoms with Crippen LogP contribution in [0.25, 0.3) is 0 Å². The zero-order chi connectivity index (χ0) is 16.0. The fourth-order valence-electron chi connectivity index (χ4n) is 3.34. The molecule has 3 aromatic rings. The van der Waals surface area contributed by atoms with Crippen LogP contribution in [-0.2, 0) is 0 Å². The maximum atomic E-state index is 9.24. The van der Waals surface area contributed by atoms with E-state index in [9.17, 15) is 5.26 Å². The fraction of sp³-hybridized carbons (Fsp3) is 0.0952. The molecule has 0 heterocycles. The predicted molar refractivity (Wildman–Crippen MR) is 116 cm³/mol. The van der Waals surface area contributed by atoms with Gasteiger partial charge in [0.05, 0.1) is 0 Å². The number of hydrogen-bond donors (Lipinski definition) is 0. The van der Waals surface area contributed by atoms with Crippen molar-refractivity contribution < 1.29 is 0 Å². The van der Waals surface area contributed by atoms with Gasteiger partial charge in [0.25, 0.3) is 0 Å². The fourth-order valence-corrected chi connectivity index (χ4v) is 7.98. The Bertz CT molecular complexity index is 690. The SMILES string of the molecule is Cl.Cl.N#CCC[PH](c1ccccc1)(c1ccccc1)c1ccccc1. The van der Waals surface area contributed by atoms with Crippen LogP contribution in [0.4, 0.5) is 0 Å². The molecule has 0 aliphatic carbocycles. The van der Waals surface area contributed by atoms with E-state index < -0.39 is 7.26 Å². The van der Waals surface area contributed by atoms with Crippen molar-refractivity contribution in [2.75, 3.05) is 6.16 Å². The summed E-state index contributed by atoms with van der Waals surface area (Å²) in [6.45, 7) is 0. The number of nitriles is 1.